The normalized spacial score (nSPS) is 16.0. The van der Waals surface area contributed by atoms with Crippen LogP contribution in [0.4, 0.5) is 0 Å². The minimum atomic E-state index is 0.140. The van der Waals surface area contributed by atoms with Gasteiger partial charge in [-0.1, -0.05) is 66.4 Å². The summed E-state index contributed by atoms with van der Waals surface area (Å²) >= 11 is 6.23. The number of benzene rings is 2. The fraction of sp³-hybridized carbons (Fsp3) is 0.333. The van der Waals surface area contributed by atoms with E-state index in [2.05, 4.69) is 56.2 Å². The van der Waals surface area contributed by atoms with Gasteiger partial charge in [0.2, 0.25) is 0 Å². The summed E-state index contributed by atoms with van der Waals surface area (Å²) in [7, 11) is 0. The summed E-state index contributed by atoms with van der Waals surface area (Å²) in [6.07, 6.45) is 9.02. The number of nitrogens with one attached hydrogen (secondary N) is 1. The number of nitrogens with zero attached hydrogens (tertiary/aromatic N) is 1. The predicted molar refractivity (Wildman–Crippen MR) is 129 cm³/mol. The van der Waals surface area contributed by atoms with Gasteiger partial charge in [-0.2, -0.15) is 5.10 Å². The molecule has 0 saturated heterocycles. The Kier molecular flexibility index (Phi) is 6.43. The molecule has 4 rings (SSSR count). The van der Waals surface area contributed by atoms with Crippen LogP contribution in [0.2, 0.25) is 5.02 Å². The summed E-state index contributed by atoms with van der Waals surface area (Å²) in [4.78, 5) is 11.2. The molecule has 4 heteroatoms. The number of carbonyl (C=O) groups is 1. The lowest BCUT2D eigenvalue weighted by atomic mass is 9.73. The molecule has 31 heavy (non-hydrogen) atoms. The molecule has 0 amide bonds. The Morgan fingerprint density at radius 2 is 1.90 bits per heavy atom. The van der Waals surface area contributed by atoms with Gasteiger partial charge in [0.25, 0.3) is 0 Å². The molecule has 1 N–H and O–H groups in total. The molecule has 0 spiro atoms. The molecule has 3 aromatic rings. The number of hydrogen-bond donors (Lipinski definition) is 1. The summed E-state index contributed by atoms with van der Waals surface area (Å²) in [6, 6.07) is 12.7. The van der Waals surface area contributed by atoms with Crippen molar-refractivity contribution in [2.75, 3.05) is 0 Å². The van der Waals surface area contributed by atoms with Crippen LogP contribution in [-0.4, -0.2) is 16.5 Å². The number of aldehydes is 1. The van der Waals surface area contributed by atoms with Crippen molar-refractivity contribution in [2.24, 2.45) is 5.92 Å². The van der Waals surface area contributed by atoms with E-state index in [0.717, 1.165) is 53.8 Å². The highest BCUT2D eigenvalue weighted by molar-refractivity contribution is 6.30. The second kappa shape index (κ2) is 9.23. The van der Waals surface area contributed by atoms with Gasteiger partial charge in [0, 0.05) is 16.3 Å². The van der Waals surface area contributed by atoms with Crippen LogP contribution in [0.3, 0.4) is 0 Å². The first-order valence-electron chi connectivity index (χ1n) is 11.1. The van der Waals surface area contributed by atoms with E-state index in [-0.39, 0.29) is 5.92 Å². The van der Waals surface area contributed by atoms with Crippen molar-refractivity contribution in [1.82, 2.24) is 10.2 Å². The monoisotopic (exact) mass is 432 g/mol. The van der Waals surface area contributed by atoms with Gasteiger partial charge in [-0.3, -0.25) is 9.89 Å². The molecular weight excluding hydrogens is 404 g/mol. The first kappa shape index (κ1) is 21.6. The maximum Gasteiger partial charge on any atom is 0.146 e. The van der Waals surface area contributed by atoms with Gasteiger partial charge in [-0.05, 0) is 73.9 Å². The molecule has 1 aliphatic carbocycles. The fourth-order valence-corrected chi connectivity index (χ4v) is 5.08. The van der Waals surface area contributed by atoms with Gasteiger partial charge < -0.3 is 0 Å². The number of aryl methyl sites for hydroxylation is 2. The Bertz CT molecular complexity index is 1150. The van der Waals surface area contributed by atoms with E-state index in [4.69, 9.17) is 16.7 Å². The highest BCUT2D eigenvalue weighted by atomic mass is 35.5. The Labute approximate surface area is 189 Å². The first-order chi connectivity index (χ1) is 15.0. The molecular formula is C27H29ClN2O. The number of halogens is 1. The van der Waals surface area contributed by atoms with Crippen molar-refractivity contribution in [3.05, 3.63) is 87.1 Å². The number of allylic oxidation sites excluding steroid dienone is 4. The number of aromatic nitrogens is 2. The molecule has 2 unspecified atom stereocenters. The van der Waals surface area contributed by atoms with E-state index >= 15 is 0 Å². The molecule has 0 radical (unpaired) electrons. The van der Waals surface area contributed by atoms with Gasteiger partial charge in [0.05, 0.1) is 11.2 Å². The van der Waals surface area contributed by atoms with Gasteiger partial charge in [0.15, 0.2) is 0 Å². The Morgan fingerprint density at radius 1 is 1.13 bits per heavy atom. The molecule has 160 valence electrons. The lowest BCUT2D eigenvalue weighted by Gasteiger charge is -2.31. The second-order valence-corrected chi connectivity index (χ2v) is 9.08. The van der Waals surface area contributed by atoms with Gasteiger partial charge in [-0.15, -0.1) is 0 Å². The Balaban J connectivity index is 1.90. The number of fused-ring (bicyclic) bond motifs is 1. The van der Waals surface area contributed by atoms with E-state index in [1.807, 2.05) is 18.2 Å². The van der Waals surface area contributed by atoms with E-state index in [1.165, 1.54) is 27.6 Å². The van der Waals surface area contributed by atoms with Crippen LogP contribution >= 0.6 is 11.6 Å². The minimum absolute atomic E-state index is 0.140. The Morgan fingerprint density at radius 3 is 2.55 bits per heavy atom. The third kappa shape index (κ3) is 4.38. The number of H-pyrrole nitrogens is 1. The molecule has 1 aromatic heterocycles. The van der Waals surface area contributed by atoms with Gasteiger partial charge >= 0.3 is 0 Å². The zero-order chi connectivity index (χ0) is 22.0. The van der Waals surface area contributed by atoms with Crippen LogP contribution in [0.15, 0.2) is 59.7 Å². The van der Waals surface area contributed by atoms with Crippen LogP contribution < -0.4 is 0 Å². The predicted octanol–water partition coefficient (Wildman–Crippen LogP) is 7.23. The van der Waals surface area contributed by atoms with Crippen LogP contribution in [0.1, 0.15) is 60.9 Å². The summed E-state index contributed by atoms with van der Waals surface area (Å²) in [5, 5.41) is 10.1. The molecule has 1 heterocycles. The van der Waals surface area contributed by atoms with Crippen LogP contribution in [0.25, 0.3) is 10.9 Å². The van der Waals surface area contributed by atoms with E-state index in [9.17, 15) is 4.79 Å². The molecule has 3 nitrogen and oxygen atoms in total. The zero-order valence-corrected chi connectivity index (χ0v) is 19.2. The van der Waals surface area contributed by atoms with Crippen LogP contribution in [0.5, 0.6) is 0 Å². The Hall–Kier alpha value is -2.65. The summed E-state index contributed by atoms with van der Waals surface area (Å²) in [6.45, 7) is 6.50. The molecule has 0 aliphatic heterocycles. The van der Waals surface area contributed by atoms with Crippen LogP contribution in [0, 0.1) is 19.8 Å². The van der Waals surface area contributed by atoms with Crippen molar-refractivity contribution >= 4 is 28.8 Å². The van der Waals surface area contributed by atoms with E-state index < -0.39 is 0 Å². The van der Waals surface area contributed by atoms with Gasteiger partial charge in [-0.25, -0.2) is 0 Å². The summed E-state index contributed by atoms with van der Waals surface area (Å²) in [5.74, 6) is 0.459. The highest BCUT2D eigenvalue weighted by Gasteiger charge is 2.31. The second-order valence-electron chi connectivity index (χ2n) is 8.64. The van der Waals surface area contributed by atoms with Crippen LogP contribution in [-0.2, 0) is 4.79 Å². The van der Waals surface area contributed by atoms with Crippen molar-refractivity contribution in [1.29, 1.82) is 0 Å². The largest absolute Gasteiger partial charge is 0.298 e. The lowest BCUT2D eigenvalue weighted by Crippen LogP contribution is -2.19. The average molecular weight is 433 g/mol. The van der Waals surface area contributed by atoms with Crippen molar-refractivity contribution in [3.63, 3.8) is 0 Å². The maximum absolute atomic E-state index is 11.2. The van der Waals surface area contributed by atoms with E-state index in [1.54, 1.807) is 0 Å². The highest BCUT2D eigenvalue weighted by Crippen LogP contribution is 2.43. The SMILES string of the molecule is CCCC(C1=CC=C(C=O)CC1)C(c1ccc(Cl)cc1)c1[nH]nc2c(C)cc(C)cc12. The molecule has 0 fully saturated rings. The van der Waals surface area contributed by atoms with Crippen molar-refractivity contribution in [2.45, 2.75) is 52.4 Å². The number of rotatable bonds is 7. The number of carbonyl (C=O) groups excluding carboxylic acids is 1. The molecule has 0 saturated carbocycles. The van der Waals surface area contributed by atoms with Gasteiger partial charge in [0.1, 0.15) is 6.29 Å². The van der Waals surface area contributed by atoms with Crippen molar-refractivity contribution < 1.29 is 4.79 Å². The fourth-order valence-electron chi connectivity index (χ4n) is 4.95. The minimum Gasteiger partial charge on any atom is -0.298 e. The quantitative estimate of drug-likeness (QED) is 0.400. The molecule has 2 aromatic carbocycles. The number of hydrogen-bond acceptors (Lipinski definition) is 2. The smallest absolute Gasteiger partial charge is 0.146 e. The topological polar surface area (TPSA) is 45.8 Å². The molecule has 0 bridgehead atoms. The third-order valence-corrected chi connectivity index (χ3v) is 6.66. The number of aromatic amines is 1. The van der Waals surface area contributed by atoms with Crippen molar-refractivity contribution in [3.8, 4) is 0 Å². The lowest BCUT2D eigenvalue weighted by molar-refractivity contribution is -0.105. The summed E-state index contributed by atoms with van der Waals surface area (Å²) in [5.41, 5.74) is 8.14. The zero-order valence-electron chi connectivity index (χ0n) is 18.4. The van der Waals surface area contributed by atoms with E-state index in [0.29, 0.717) is 5.92 Å². The third-order valence-electron chi connectivity index (χ3n) is 6.41. The first-order valence-corrected chi connectivity index (χ1v) is 11.4. The standard InChI is InChI=1S/C27H29ClN2O/c1-4-5-23(20-8-6-19(16-31)7-9-20)25(21-10-12-22(28)13-11-21)27-24-15-17(2)14-18(3)26(24)29-30-27/h6,8,10-16,23,25H,4-5,7,9H2,1-3H3,(H,29,30). The molecule has 1 aliphatic rings. The summed E-state index contributed by atoms with van der Waals surface area (Å²) < 4.78 is 0. The average Bonchev–Trinajstić information content (AvgIpc) is 3.18. The molecule has 2 atom stereocenters. The maximum atomic E-state index is 11.2.